The first-order valence-electron chi connectivity index (χ1n) is 8.73. The molecule has 4 rings (SSSR count). The van der Waals surface area contributed by atoms with Crippen LogP contribution in [0.1, 0.15) is 37.3 Å². The molecule has 2 fully saturated rings. The molecule has 1 N–H and O–H groups in total. The molecule has 1 aliphatic heterocycles. The molecule has 1 atom stereocenters. The summed E-state index contributed by atoms with van der Waals surface area (Å²) in [6.45, 7) is 3.44. The van der Waals surface area contributed by atoms with E-state index in [1.165, 1.54) is 49.0 Å². The normalized spacial score (nSPS) is 21.6. The van der Waals surface area contributed by atoms with Crippen LogP contribution in [0.3, 0.4) is 0 Å². The van der Waals surface area contributed by atoms with Gasteiger partial charge in [-0.2, -0.15) is 0 Å². The Hall–Kier alpha value is -1.13. The van der Waals surface area contributed by atoms with E-state index in [9.17, 15) is 0 Å². The van der Waals surface area contributed by atoms with Crippen molar-refractivity contribution in [1.29, 1.82) is 0 Å². The second-order valence-electron chi connectivity index (χ2n) is 7.07. The highest BCUT2D eigenvalue weighted by atomic mass is 79.9. The summed E-state index contributed by atoms with van der Waals surface area (Å²) in [5.74, 6) is 1.42. The number of nitrogens with one attached hydrogen (secondary N) is 1. The molecule has 0 radical (unpaired) electrons. The van der Waals surface area contributed by atoms with Crippen molar-refractivity contribution in [1.82, 2.24) is 10.3 Å². The van der Waals surface area contributed by atoms with Gasteiger partial charge in [-0.05, 0) is 72.8 Å². The number of benzene rings is 1. The van der Waals surface area contributed by atoms with Crippen molar-refractivity contribution >= 4 is 32.5 Å². The number of halogens is 1. The zero-order chi connectivity index (χ0) is 15.8. The Morgan fingerprint density at radius 2 is 2.17 bits per heavy atom. The van der Waals surface area contributed by atoms with Gasteiger partial charge in [-0.15, -0.1) is 0 Å². The van der Waals surface area contributed by atoms with Crippen LogP contribution in [0.2, 0.25) is 0 Å². The standard InChI is InChI=1S/C19H24BrN3/c1-23(12-13-4-3-9-21-11-13)18-10-17(14-7-8-14)22-19-15(18)5-2-6-16(19)20/h2,5-6,10,13-14,21H,3-4,7-9,11-12H2,1H3. The van der Waals surface area contributed by atoms with Crippen molar-refractivity contribution in [2.24, 2.45) is 5.92 Å². The average Bonchev–Trinajstić information content (AvgIpc) is 3.40. The second kappa shape index (κ2) is 6.40. The van der Waals surface area contributed by atoms with E-state index in [1.807, 2.05) is 0 Å². The van der Waals surface area contributed by atoms with Gasteiger partial charge in [-0.3, -0.25) is 4.98 Å². The van der Waals surface area contributed by atoms with Gasteiger partial charge in [0.25, 0.3) is 0 Å². The summed E-state index contributed by atoms with van der Waals surface area (Å²) in [5, 5.41) is 4.79. The molecule has 1 saturated heterocycles. The third-order valence-corrected chi connectivity index (χ3v) is 5.77. The minimum atomic E-state index is 0.676. The number of nitrogens with zero attached hydrogens (tertiary/aromatic N) is 2. The molecule has 1 saturated carbocycles. The number of fused-ring (bicyclic) bond motifs is 1. The first-order valence-corrected chi connectivity index (χ1v) is 9.52. The maximum atomic E-state index is 4.94. The number of anilines is 1. The summed E-state index contributed by atoms with van der Waals surface area (Å²) in [6, 6.07) is 8.75. The van der Waals surface area contributed by atoms with E-state index in [4.69, 9.17) is 4.98 Å². The molecule has 2 aliphatic rings. The zero-order valence-electron chi connectivity index (χ0n) is 13.7. The summed E-state index contributed by atoms with van der Waals surface area (Å²) < 4.78 is 1.10. The number of pyridine rings is 1. The van der Waals surface area contributed by atoms with E-state index in [-0.39, 0.29) is 0 Å². The van der Waals surface area contributed by atoms with Crippen LogP contribution in [-0.2, 0) is 0 Å². The van der Waals surface area contributed by atoms with Crippen LogP contribution in [0, 0.1) is 5.92 Å². The third-order valence-electron chi connectivity index (χ3n) is 5.13. The van der Waals surface area contributed by atoms with E-state index >= 15 is 0 Å². The quantitative estimate of drug-likeness (QED) is 0.865. The molecule has 0 amide bonds. The number of hydrogen-bond donors (Lipinski definition) is 1. The number of rotatable bonds is 4. The van der Waals surface area contributed by atoms with Crippen molar-refractivity contribution < 1.29 is 0 Å². The van der Waals surface area contributed by atoms with Crippen LogP contribution >= 0.6 is 15.9 Å². The van der Waals surface area contributed by atoms with Crippen molar-refractivity contribution in [3.63, 3.8) is 0 Å². The predicted octanol–water partition coefficient (Wildman–Crippen LogP) is 4.31. The van der Waals surface area contributed by atoms with Crippen LogP contribution in [0.5, 0.6) is 0 Å². The van der Waals surface area contributed by atoms with Gasteiger partial charge in [0.1, 0.15) is 0 Å². The molecule has 1 aromatic carbocycles. The van der Waals surface area contributed by atoms with E-state index in [1.54, 1.807) is 0 Å². The molecule has 2 heterocycles. The molecule has 0 bridgehead atoms. The first kappa shape index (κ1) is 15.4. The Morgan fingerprint density at radius 3 is 2.91 bits per heavy atom. The van der Waals surface area contributed by atoms with Crippen LogP contribution in [0.4, 0.5) is 5.69 Å². The van der Waals surface area contributed by atoms with Gasteiger partial charge in [0.15, 0.2) is 0 Å². The van der Waals surface area contributed by atoms with Gasteiger partial charge in [-0.25, -0.2) is 0 Å². The van der Waals surface area contributed by atoms with Gasteiger partial charge in [0.2, 0.25) is 0 Å². The fourth-order valence-corrected chi connectivity index (χ4v) is 4.14. The molecular weight excluding hydrogens is 350 g/mol. The summed E-state index contributed by atoms with van der Waals surface area (Å²) in [4.78, 5) is 7.39. The fraction of sp³-hybridized carbons (Fsp3) is 0.526. The Balaban J connectivity index is 1.70. The van der Waals surface area contributed by atoms with Crippen molar-refractivity contribution in [2.45, 2.75) is 31.6 Å². The SMILES string of the molecule is CN(CC1CCCNC1)c1cc(C2CC2)nc2c(Br)cccc12. The molecule has 122 valence electrons. The molecule has 2 aromatic rings. The highest BCUT2D eigenvalue weighted by Gasteiger charge is 2.27. The molecule has 1 aromatic heterocycles. The van der Waals surface area contributed by atoms with Crippen LogP contribution in [0.15, 0.2) is 28.7 Å². The summed E-state index contributed by atoms with van der Waals surface area (Å²) in [5.41, 5.74) is 3.72. The smallest absolute Gasteiger partial charge is 0.0868 e. The van der Waals surface area contributed by atoms with Crippen molar-refractivity contribution in [3.8, 4) is 0 Å². The minimum Gasteiger partial charge on any atom is -0.374 e. The van der Waals surface area contributed by atoms with Gasteiger partial charge in [0.05, 0.1) is 5.52 Å². The summed E-state index contributed by atoms with van der Waals surface area (Å²) in [7, 11) is 2.24. The van der Waals surface area contributed by atoms with Gasteiger partial charge in [0, 0.05) is 40.8 Å². The van der Waals surface area contributed by atoms with E-state index in [0.717, 1.165) is 29.0 Å². The Kier molecular flexibility index (Phi) is 4.29. The van der Waals surface area contributed by atoms with Crippen LogP contribution < -0.4 is 10.2 Å². The number of para-hydroxylation sites is 1. The number of aromatic nitrogens is 1. The molecular formula is C19H24BrN3. The molecule has 3 nitrogen and oxygen atoms in total. The van der Waals surface area contributed by atoms with Gasteiger partial charge in [-0.1, -0.05) is 12.1 Å². The van der Waals surface area contributed by atoms with Crippen molar-refractivity contribution in [3.05, 3.63) is 34.4 Å². The second-order valence-corrected chi connectivity index (χ2v) is 7.92. The predicted molar refractivity (Wildman–Crippen MR) is 100 cm³/mol. The third kappa shape index (κ3) is 3.24. The van der Waals surface area contributed by atoms with E-state index in [0.29, 0.717) is 5.92 Å². The zero-order valence-corrected chi connectivity index (χ0v) is 15.3. The number of hydrogen-bond acceptors (Lipinski definition) is 3. The largest absolute Gasteiger partial charge is 0.374 e. The first-order chi connectivity index (χ1) is 11.2. The molecule has 23 heavy (non-hydrogen) atoms. The lowest BCUT2D eigenvalue weighted by Crippen LogP contribution is -2.37. The summed E-state index contributed by atoms with van der Waals surface area (Å²) in [6.07, 6.45) is 5.21. The lowest BCUT2D eigenvalue weighted by molar-refractivity contribution is 0.381. The molecule has 1 unspecified atom stereocenters. The van der Waals surface area contributed by atoms with E-state index in [2.05, 4.69) is 57.5 Å². The molecule has 4 heteroatoms. The number of piperidine rings is 1. The topological polar surface area (TPSA) is 28.2 Å². The Labute approximate surface area is 146 Å². The Morgan fingerprint density at radius 1 is 1.30 bits per heavy atom. The van der Waals surface area contributed by atoms with Gasteiger partial charge >= 0.3 is 0 Å². The lowest BCUT2D eigenvalue weighted by Gasteiger charge is -2.30. The van der Waals surface area contributed by atoms with Crippen molar-refractivity contribution in [2.75, 3.05) is 31.6 Å². The fourth-order valence-electron chi connectivity index (χ4n) is 3.68. The highest BCUT2D eigenvalue weighted by molar-refractivity contribution is 9.10. The minimum absolute atomic E-state index is 0.676. The van der Waals surface area contributed by atoms with Gasteiger partial charge < -0.3 is 10.2 Å². The monoisotopic (exact) mass is 373 g/mol. The van der Waals surface area contributed by atoms with Crippen LogP contribution in [-0.4, -0.2) is 31.7 Å². The van der Waals surface area contributed by atoms with E-state index < -0.39 is 0 Å². The molecule has 1 aliphatic carbocycles. The molecule has 0 spiro atoms. The lowest BCUT2D eigenvalue weighted by atomic mass is 9.98. The Bertz CT molecular complexity index is 705. The average molecular weight is 374 g/mol. The highest BCUT2D eigenvalue weighted by Crippen LogP contribution is 2.42. The van der Waals surface area contributed by atoms with Crippen LogP contribution in [0.25, 0.3) is 10.9 Å². The maximum Gasteiger partial charge on any atom is 0.0868 e. The summed E-state index contributed by atoms with van der Waals surface area (Å²) >= 11 is 3.69. The maximum absolute atomic E-state index is 4.94.